The number of anilines is 1. The maximum atomic E-state index is 4.46. The summed E-state index contributed by atoms with van der Waals surface area (Å²) in [5.41, 5.74) is 1.54. The SMILES string of the molecule is CC(C)(C)Cc1cnc(N2CCCC2)nc1. The van der Waals surface area contributed by atoms with Crippen LogP contribution in [0, 0.1) is 5.41 Å². The third-order valence-electron chi connectivity index (χ3n) is 2.82. The minimum absolute atomic E-state index is 0.304. The summed E-state index contributed by atoms with van der Waals surface area (Å²) in [5, 5.41) is 0. The molecule has 1 saturated heterocycles. The van der Waals surface area contributed by atoms with Crippen LogP contribution < -0.4 is 4.90 Å². The first-order valence-electron chi connectivity index (χ1n) is 6.10. The Kier molecular flexibility index (Phi) is 3.13. The van der Waals surface area contributed by atoms with Gasteiger partial charge in [0.2, 0.25) is 5.95 Å². The molecule has 0 bridgehead atoms. The van der Waals surface area contributed by atoms with Crippen molar-refractivity contribution in [3.63, 3.8) is 0 Å². The minimum Gasteiger partial charge on any atom is -0.341 e. The van der Waals surface area contributed by atoms with Gasteiger partial charge in [-0.1, -0.05) is 20.8 Å². The van der Waals surface area contributed by atoms with Crippen molar-refractivity contribution in [3.8, 4) is 0 Å². The monoisotopic (exact) mass is 219 g/mol. The zero-order chi connectivity index (χ0) is 11.6. The number of rotatable bonds is 2. The fourth-order valence-electron chi connectivity index (χ4n) is 2.13. The van der Waals surface area contributed by atoms with Gasteiger partial charge in [0.25, 0.3) is 0 Å². The molecule has 3 heteroatoms. The van der Waals surface area contributed by atoms with Crippen LogP contribution in [0.3, 0.4) is 0 Å². The first-order valence-corrected chi connectivity index (χ1v) is 6.10. The summed E-state index contributed by atoms with van der Waals surface area (Å²) in [5.74, 6) is 0.898. The Balaban J connectivity index is 2.04. The first-order chi connectivity index (χ1) is 7.54. The summed E-state index contributed by atoms with van der Waals surface area (Å²) < 4.78 is 0. The van der Waals surface area contributed by atoms with Gasteiger partial charge in [0.15, 0.2) is 0 Å². The quantitative estimate of drug-likeness (QED) is 0.765. The Morgan fingerprint density at radius 1 is 1.12 bits per heavy atom. The van der Waals surface area contributed by atoms with Gasteiger partial charge in [-0.3, -0.25) is 0 Å². The summed E-state index contributed by atoms with van der Waals surface area (Å²) in [6, 6.07) is 0. The Morgan fingerprint density at radius 2 is 1.69 bits per heavy atom. The normalized spacial score (nSPS) is 16.8. The zero-order valence-corrected chi connectivity index (χ0v) is 10.5. The third kappa shape index (κ3) is 2.94. The van der Waals surface area contributed by atoms with Crippen molar-refractivity contribution in [1.82, 2.24) is 9.97 Å². The molecule has 0 saturated carbocycles. The molecule has 0 aromatic carbocycles. The van der Waals surface area contributed by atoms with Crippen LogP contribution in [-0.4, -0.2) is 23.1 Å². The zero-order valence-electron chi connectivity index (χ0n) is 10.5. The number of hydrogen-bond acceptors (Lipinski definition) is 3. The van der Waals surface area contributed by atoms with Crippen LogP contribution in [-0.2, 0) is 6.42 Å². The summed E-state index contributed by atoms with van der Waals surface area (Å²) >= 11 is 0. The molecule has 0 aliphatic carbocycles. The van der Waals surface area contributed by atoms with E-state index in [1.54, 1.807) is 0 Å². The molecule has 0 spiro atoms. The van der Waals surface area contributed by atoms with E-state index in [9.17, 15) is 0 Å². The molecule has 2 rings (SSSR count). The highest BCUT2D eigenvalue weighted by atomic mass is 15.3. The molecule has 1 aliphatic heterocycles. The van der Waals surface area contributed by atoms with Crippen molar-refractivity contribution in [2.45, 2.75) is 40.0 Å². The fraction of sp³-hybridized carbons (Fsp3) is 0.692. The Labute approximate surface area is 97.9 Å². The van der Waals surface area contributed by atoms with Crippen molar-refractivity contribution in [2.75, 3.05) is 18.0 Å². The lowest BCUT2D eigenvalue weighted by Gasteiger charge is -2.19. The van der Waals surface area contributed by atoms with E-state index in [1.165, 1.54) is 18.4 Å². The van der Waals surface area contributed by atoms with Gasteiger partial charge in [-0.25, -0.2) is 9.97 Å². The van der Waals surface area contributed by atoms with Crippen LogP contribution in [0.25, 0.3) is 0 Å². The average Bonchev–Trinajstić information content (AvgIpc) is 2.69. The van der Waals surface area contributed by atoms with Crippen molar-refractivity contribution in [1.29, 1.82) is 0 Å². The third-order valence-corrected chi connectivity index (χ3v) is 2.82. The highest BCUT2D eigenvalue weighted by molar-refractivity contribution is 5.31. The molecule has 0 atom stereocenters. The van der Waals surface area contributed by atoms with Gasteiger partial charge in [0, 0.05) is 25.5 Å². The largest absolute Gasteiger partial charge is 0.341 e. The maximum Gasteiger partial charge on any atom is 0.225 e. The Bertz CT molecular complexity index is 331. The molecule has 1 aliphatic rings. The number of nitrogens with zero attached hydrogens (tertiary/aromatic N) is 3. The van der Waals surface area contributed by atoms with E-state index in [-0.39, 0.29) is 0 Å². The minimum atomic E-state index is 0.304. The molecule has 3 nitrogen and oxygen atoms in total. The molecule has 88 valence electrons. The highest BCUT2D eigenvalue weighted by Crippen LogP contribution is 2.21. The second kappa shape index (κ2) is 4.40. The molecular formula is C13H21N3. The van der Waals surface area contributed by atoms with Crippen LogP contribution in [0.2, 0.25) is 0 Å². The summed E-state index contributed by atoms with van der Waals surface area (Å²) in [7, 11) is 0. The van der Waals surface area contributed by atoms with Crippen molar-refractivity contribution >= 4 is 5.95 Å². The Morgan fingerprint density at radius 3 is 2.19 bits per heavy atom. The van der Waals surface area contributed by atoms with E-state index in [0.717, 1.165) is 25.5 Å². The van der Waals surface area contributed by atoms with Gasteiger partial charge in [0.05, 0.1) is 0 Å². The van der Waals surface area contributed by atoms with Gasteiger partial charge >= 0.3 is 0 Å². The first kappa shape index (κ1) is 11.4. The smallest absolute Gasteiger partial charge is 0.225 e. The predicted octanol–water partition coefficient (Wildman–Crippen LogP) is 2.67. The molecule has 16 heavy (non-hydrogen) atoms. The van der Waals surface area contributed by atoms with Crippen LogP contribution in [0.15, 0.2) is 12.4 Å². The summed E-state index contributed by atoms with van der Waals surface area (Å²) in [6.45, 7) is 8.93. The lowest BCUT2D eigenvalue weighted by Crippen LogP contribution is -2.20. The van der Waals surface area contributed by atoms with E-state index < -0.39 is 0 Å². The van der Waals surface area contributed by atoms with Gasteiger partial charge < -0.3 is 4.90 Å². The molecule has 0 N–H and O–H groups in total. The summed E-state index contributed by atoms with van der Waals surface area (Å²) in [6.07, 6.45) is 7.53. The van der Waals surface area contributed by atoms with Crippen LogP contribution in [0.5, 0.6) is 0 Å². The van der Waals surface area contributed by atoms with Gasteiger partial charge in [-0.15, -0.1) is 0 Å². The molecule has 0 unspecified atom stereocenters. The predicted molar refractivity (Wildman–Crippen MR) is 66.6 cm³/mol. The maximum absolute atomic E-state index is 4.46. The molecular weight excluding hydrogens is 198 g/mol. The van der Waals surface area contributed by atoms with Crippen LogP contribution in [0.4, 0.5) is 5.95 Å². The van der Waals surface area contributed by atoms with Crippen LogP contribution >= 0.6 is 0 Å². The molecule has 0 radical (unpaired) electrons. The fourth-order valence-corrected chi connectivity index (χ4v) is 2.13. The lowest BCUT2D eigenvalue weighted by molar-refractivity contribution is 0.410. The topological polar surface area (TPSA) is 29.0 Å². The van der Waals surface area contributed by atoms with E-state index in [1.807, 2.05) is 12.4 Å². The average molecular weight is 219 g/mol. The van der Waals surface area contributed by atoms with E-state index in [4.69, 9.17) is 0 Å². The number of aromatic nitrogens is 2. The second-order valence-corrected chi connectivity index (χ2v) is 5.82. The van der Waals surface area contributed by atoms with Crippen LogP contribution in [0.1, 0.15) is 39.2 Å². The van der Waals surface area contributed by atoms with Crippen molar-refractivity contribution in [3.05, 3.63) is 18.0 Å². The molecule has 1 aromatic heterocycles. The molecule has 1 fully saturated rings. The molecule has 1 aromatic rings. The van der Waals surface area contributed by atoms with E-state index >= 15 is 0 Å². The van der Waals surface area contributed by atoms with Crippen molar-refractivity contribution in [2.24, 2.45) is 5.41 Å². The van der Waals surface area contributed by atoms with Crippen molar-refractivity contribution < 1.29 is 0 Å². The van der Waals surface area contributed by atoms with Gasteiger partial charge in [0.1, 0.15) is 0 Å². The molecule has 0 amide bonds. The summed E-state index contributed by atoms with van der Waals surface area (Å²) in [4.78, 5) is 11.2. The van der Waals surface area contributed by atoms with Gasteiger partial charge in [-0.05, 0) is 30.2 Å². The second-order valence-electron chi connectivity index (χ2n) is 5.82. The lowest BCUT2D eigenvalue weighted by atomic mass is 9.89. The number of hydrogen-bond donors (Lipinski definition) is 0. The van der Waals surface area contributed by atoms with E-state index in [0.29, 0.717) is 5.41 Å². The Hall–Kier alpha value is -1.12. The standard InChI is InChI=1S/C13H21N3/c1-13(2,3)8-11-9-14-12(15-10-11)16-6-4-5-7-16/h9-10H,4-8H2,1-3H3. The molecule has 2 heterocycles. The highest BCUT2D eigenvalue weighted by Gasteiger charge is 2.16. The van der Waals surface area contributed by atoms with Gasteiger partial charge in [-0.2, -0.15) is 0 Å². The van der Waals surface area contributed by atoms with E-state index in [2.05, 4.69) is 35.6 Å².